The summed E-state index contributed by atoms with van der Waals surface area (Å²) in [4.78, 5) is 50.9. The van der Waals surface area contributed by atoms with Gasteiger partial charge < -0.3 is 60.2 Å². The van der Waals surface area contributed by atoms with Gasteiger partial charge in [0.15, 0.2) is 46.0 Å². The fourth-order valence-corrected chi connectivity index (χ4v) is 5.49. The molecule has 270 valence electrons. The van der Waals surface area contributed by atoms with Crippen LogP contribution in [0.15, 0.2) is 72.8 Å². The maximum absolute atomic E-state index is 13.9. The fourth-order valence-electron chi connectivity index (χ4n) is 5.49. The molecule has 0 aliphatic carbocycles. The molecule has 4 aromatic carbocycles. The lowest BCUT2D eigenvalue weighted by Gasteiger charge is -2.22. The molecule has 4 atom stereocenters. The lowest BCUT2D eigenvalue weighted by molar-refractivity contribution is -0.166. The zero-order valence-corrected chi connectivity index (χ0v) is 26.6. The van der Waals surface area contributed by atoms with Crippen molar-refractivity contribution in [3.8, 4) is 46.0 Å². The molecule has 0 spiro atoms. The van der Waals surface area contributed by atoms with E-state index >= 15 is 0 Å². The number of phenols is 7. The maximum Gasteiger partial charge on any atom is 0.345 e. The highest BCUT2D eigenvalue weighted by Gasteiger charge is 2.46. The van der Waals surface area contributed by atoms with Crippen LogP contribution >= 0.6 is 0 Å². The Morgan fingerprint density at radius 3 is 1.65 bits per heavy atom. The highest BCUT2D eigenvalue weighted by molar-refractivity contribution is 5.92. The molecule has 16 heteroatoms. The van der Waals surface area contributed by atoms with Gasteiger partial charge in [-0.25, -0.2) is 14.4 Å². The van der Waals surface area contributed by atoms with E-state index in [0.717, 1.165) is 54.6 Å². The van der Waals surface area contributed by atoms with E-state index in [-0.39, 0.29) is 40.0 Å². The van der Waals surface area contributed by atoms with Crippen molar-refractivity contribution < 1.29 is 79.3 Å². The Kier molecular flexibility index (Phi) is 10.3. The first-order valence-corrected chi connectivity index (χ1v) is 15.2. The van der Waals surface area contributed by atoms with Gasteiger partial charge in [-0.3, -0.25) is 4.79 Å². The summed E-state index contributed by atoms with van der Waals surface area (Å²) < 4.78 is 16.5. The average molecular weight is 719 g/mol. The molecular weight excluding hydrogens is 688 g/mol. The highest BCUT2D eigenvalue weighted by atomic mass is 16.6. The molecule has 5 rings (SSSR count). The molecule has 1 aliphatic rings. The standard InChI is InChI=1S/C36H30O16/c37-20-6-1-16(11-24(20)41)13-27(34(45)46)50-29(44)10-5-18-3-9-23(40)33-30(18)31(32(52-33)19-4-8-22(39)26(43)15-19)36(49)51-28(35(47)48)14-17-2-7-21(38)25(42)12-17/h1-12,15,27-28,31-32,37-43H,13-14H2,(H,45,46)(H,47,48)/b10-5+/t27-,28?,31-,32?/m0/s1. The van der Waals surface area contributed by atoms with E-state index in [2.05, 4.69) is 0 Å². The van der Waals surface area contributed by atoms with Crippen molar-refractivity contribution in [3.63, 3.8) is 0 Å². The molecule has 4 aromatic rings. The number of hydrogen-bond donors (Lipinski definition) is 9. The van der Waals surface area contributed by atoms with Crippen molar-refractivity contribution in [1.82, 2.24) is 0 Å². The van der Waals surface area contributed by atoms with E-state index in [0.29, 0.717) is 0 Å². The molecule has 0 saturated carbocycles. The Bertz CT molecular complexity index is 2090. The summed E-state index contributed by atoms with van der Waals surface area (Å²) in [6.07, 6.45) is -3.85. The van der Waals surface area contributed by atoms with Gasteiger partial charge in [-0.05, 0) is 70.8 Å². The van der Waals surface area contributed by atoms with Crippen molar-refractivity contribution in [3.05, 3.63) is 101 Å². The average Bonchev–Trinajstić information content (AvgIpc) is 3.50. The second-order valence-electron chi connectivity index (χ2n) is 11.6. The predicted octanol–water partition coefficient (Wildman–Crippen LogP) is 3.33. The van der Waals surface area contributed by atoms with E-state index in [9.17, 15) is 65.1 Å². The molecule has 0 radical (unpaired) electrons. The third-order valence-corrected chi connectivity index (χ3v) is 8.04. The number of rotatable bonds is 12. The second-order valence-corrected chi connectivity index (χ2v) is 11.6. The molecule has 0 aromatic heterocycles. The summed E-state index contributed by atoms with van der Waals surface area (Å²) in [6, 6.07) is 13.0. The number of carboxylic acids is 2. The Morgan fingerprint density at radius 2 is 1.13 bits per heavy atom. The Labute approximate surface area is 292 Å². The topological polar surface area (TPSA) is 278 Å². The summed E-state index contributed by atoms with van der Waals surface area (Å²) in [5.74, 6) is -10.8. The van der Waals surface area contributed by atoms with Crippen LogP contribution in [0.5, 0.6) is 46.0 Å². The molecular formula is C36H30O16. The Hall–Kier alpha value is -7.10. The zero-order valence-electron chi connectivity index (χ0n) is 26.6. The maximum atomic E-state index is 13.9. The van der Waals surface area contributed by atoms with E-state index in [1.54, 1.807) is 0 Å². The van der Waals surface area contributed by atoms with Gasteiger partial charge in [0, 0.05) is 24.5 Å². The largest absolute Gasteiger partial charge is 0.504 e. The fraction of sp³-hybridized carbons (Fsp3) is 0.167. The Balaban J connectivity index is 1.47. The highest BCUT2D eigenvalue weighted by Crippen LogP contribution is 2.53. The first-order valence-electron chi connectivity index (χ1n) is 15.2. The van der Waals surface area contributed by atoms with Gasteiger partial charge >= 0.3 is 23.9 Å². The lowest BCUT2D eigenvalue weighted by atomic mass is 9.87. The van der Waals surface area contributed by atoms with Gasteiger partial charge in [-0.2, -0.15) is 0 Å². The minimum atomic E-state index is -1.84. The van der Waals surface area contributed by atoms with Gasteiger partial charge in [-0.15, -0.1) is 0 Å². The predicted molar refractivity (Wildman–Crippen MR) is 175 cm³/mol. The summed E-state index contributed by atoms with van der Waals surface area (Å²) in [5, 5.41) is 89.1. The monoisotopic (exact) mass is 718 g/mol. The van der Waals surface area contributed by atoms with Crippen molar-refractivity contribution in [2.45, 2.75) is 37.1 Å². The number of phenolic OH excluding ortho intramolecular Hbond substituents is 7. The van der Waals surface area contributed by atoms with Crippen LogP contribution in [0.1, 0.15) is 39.8 Å². The van der Waals surface area contributed by atoms with E-state index in [4.69, 9.17) is 14.2 Å². The SMILES string of the molecule is O=C(/C=C/c1ccc(O)c2c1[C@H](C(=O)OC(Cc1ccc(O)c(O)c1)C(=O)O)C(c1ccc(O)c(O)c1)O2)O[C@@H](Cc1ccc(O)c(O)c1)C(=O)O. The van der Waals surface area contributed by atoms with Gasteiger partial charge in [0.25, 0.3) is 0 Å². The van der Waals surface area contributed by atoms with Gasteiger partial charge in [-0.1, -0.05) is 24.3 Å². The molecule has 16 nitrogen and oxygen atoms in total. The lowest BCUT2D eigenvalue weighted by Crippen LogP contribution is -2.33. The zero-order chi connectivity index (χ0) is 37.9. The van der Waals surface area contributed by atoms with Gasteiger partial charge in [0.1, 0.15) is 12.0 Å². The molecule has 1 heterocycles. The van der Waals surface area contributed by atoms with Crippen LogP contribution in [-0.2, 0) is 41.5 Å². The number of hydrogen-bond acceptors (Lipinski definition) is 14. The number of aromatic hydroxyl groups is 7. The summed E-state index contributed by atoms with van der Waals surface area (Å²) in [6.45, 7) is 0. The molecule has 0 amide bonds. The normalized spacial score (nSPS) is 16.0. The molecule has 9 N–H and O–H groups in total. The van der Waals surface area contributed by atoms with Crippen LogP contribution < -0.4 is 4.74 Å². The second kappa shape index (κ2) is 14.8. The number of aliphatic carboxylic acids is 2. The first-order chi connectivity index (χ1) is 24.6. The number of carbonyl (C=O) groups is 4. The molecule has 52 heavy (non-hydrogen) atoms. The van der Waals surface area contributed by atoms with Crippen molar-refractivity contribution in [2.75, 3.05) is 0 Å². The van der Waals surface area contributed by atoms with Gasteiger partial charge in [0.2, 0.25) is 12.2 Å². The van der Waals surface area contributed by atoms with E-state index in [1.165, 1.54) is 24.3 Å². The van der Waals surface area contributed by atoms with Crippen LogP contribution in [-0.4, -0.2) is 82.0 Å². The number of carboxylic acid groups (broad SMARTS) is 2. The van der Waals surface area contributed by atoms with Crippen molar-refractivity contribution in [2.24, 2.45) is 0 Å². The van der Waals surface area contributed by atoms with Crippen LogP contribution in [0.3, 0.4) is 0 Å². The van der Waals surface area contributed by atoms with E-state index < -0.39 is 94.8 Å². The summed E-state index contributed by atoms with van der Waals surface area (Å²) in [5.41, 5.74) is 0.445. The van der Waals surface area contributed by atoms with Crippen LogP contribution in [0.25, 0.3) is 6.08 Å². The first kappa shape index (κ1) is 36.2. The van der Waals surface area contributed by atoms with Crippen molar-refractivity contribution in [1.29, 1.82) is 0 Å². The van der Waals surface area contributed by atoms with Gasteiger partial charge in [0.05, 0.1) is 0 Å². The number of benzene rings is 4. The Morgan fingerprint density at radius 1 is 0.635 bits per heavy atom. The third kappa shape index (κ3) is 7.86. The molecule has 2 unspecified atom stereocenters. The third-order valence-electron chi connectivity index (χ3n) is 8.04. The van der Waals surface area contributed by atoms with Crippen LogP contribution in [0.2, 0.25) is 0 Å². The number of esters is 2. The summed E-state index contributed by atoms with van der Waals surface area (Å²) in [7, 11) is 0. The molecule has 0 bridgehead atoms. The summed E-state index contributed by atoms with van der Waals surface area (Å²) >= 11 is 0. The number of fused-ring (bicyclic) bond motifs is 1. The van der Waals surface area contributed by atoms with E-state index in [1.807, 2.05) is 0 Å². The number of ether oxygens (including phenoxy) is 3. The molecule has 0 fully saturated rings. The van der Waals surface area contributed by atoms with Crippen LogP contribution in [0, 0.1) is 0 Å². The minimum absolute atomic E-state index is 0.0443. The van der Waals surface area contributed by atoms with Crippen LogP contribution in [0.4, 0.5) is 0 Å². The quantitative estimate of drug-likeness (QED) is 0.0577. The molecule has 1 aliphatic heterocycles. The minimum Gasteiger partial charge on any atom is -0.504 e. The smallest absolute Gasteiger partial charge is 0.345 e. The molecule has 0 saturated heterocycles. The van der Waals surface area contributed by atoms with Crippen molar-refractivity contribution >= 4 is 30.0 Å². The number of carbonyl (C=O) groups excluding carboxylic acids is 2.